The van der Waals surface area contributed by atoms with E-state index in [-0.39, 0.29) is 11.7 Å². The Hall–Kier alpha value is -2.03. The van der Waals surface area contributed by atoms with Gasteiger partial charge in [-0.05, 0) is 17.7 Å². The van der Waals surface area contributed by atoms with Crippen molar-refractivity contribution in [3.8, 4) is 11.3 Å². The van der Waals surface area contributed by atoms with Gasteiger partial charge in [-0.15, -0.1) is 22.7 Å². The fourth-order valence-corrected chi connectivity index (χ4v) is 5.31. The van der Waals surface area contributed by atoms with Crippen LogP contribution in [0.25, 0.3) is 11.3 Å². The number of aromatic nitrogens is 1. The summed E-state index contributed by atoms with van der Waals surface area (Å²) in [5, 5.41) is 3.39. The number of carbonyl (C=O) groups is 1. The Labute approximate surface area is 148 Å². The van der Waals surface area contributed by atoms with Gasteiger partial charge in [-0.3, -0.25) is 10.1 Å². The van der Waals surface area contributed by atoms with Crippen LogP contribution >= 0.6 is 22.7 Å². The second kappa shape index (κ2) is 6.12. The van der Waals surface area contributed by atoms with Crippen LogP contribution in [0.1, 0.15) is 25.0 Å². The molecule has 1 N–H and O–H groups in total. The molecule has 0 bridgehead atoms. The van der Waals surface area contributed by atoms with Crippen molar-refractivity contribution in [3.63, 3.8) is 0 Å². The van der Waals surface area contributed by atoms with Crippen molar-refractivity contribution in [2.24, 2.45) is 0 Å². The Bertz CT molecular complexity index is 1010. The Balaban J connectivity index is 1.53. The topological polar surface area (TPSA) is 76.1 Å². The number of nitrogens with one attached hydrogen (secondary N) is 1. The highest BCUT2D eigenvalue weighted by Crippen LogP contribution is 2.40. The number of thiophene rings is 1. The van der Waals surface area contributed by atoms with Gasteiger partial charge in [0.2, 0.25) is 0 Å². The van der Waals surface area contributed by atoms with Crippen molar-refractivity contribution in [3.05, 3.63) is 56.6 Å². The average Bonchev–Trinajstić information content (AvgIpc) is 3.21. The highest BCUT2D eigenvalue weighted by Gasteiger charge is 2.23. The molecule has 5 nitrogen and oxygen atoms in total. The van der Waals surface area contributed by atoms with Crippen LogP contribution in [0.5, 0.6) is 0 Å². The molecular weight excluding hydrogens is 364 g/mol. The minimum absolute atomic E-state index is 0.0321. The van der Waals surface area contributed by atoms with E-state index in [0.29, 0.717) is 14.9 Å². The molecule has 24 heavy (non-hydrogen) atoms. The molecule has 0 spiro atoms. The molecule has 0 aliphatic heterocycles. The lowest BCUT2D eigenvalue weighted by atomic mass is 10.1. The predicted molar refractivity (Wildman–Crippen MR) is 96.6 cm³/mol. The van der Waals surface area contributed by atoms with E-state index in [1.165, 1.54) is 28.2 Å². The highest BCUT2D eigenvalue weighted by molar-refractivity contribution is 7.71. The van der Waals surface area contributed by atoms with Crippen molar-refractivity contribution < 1.29 is 13.2 Å². The van der Waals surface area contributed by atoms with Crippen molar-refractivity contribution in [2.75, 3.05) is 5.32 Å². The zero-order chi connectivity index (χ0) is 16.7. The lowest BCUT2D eigenvalue weighted by Gasteiger charge is -2.00. The monoisotopic (exact) mass is 376 g/mol. The molecule has 0 radical (unpaired) electrons. The Morgan fingerprint density at radius 2 is 2.00 bits per heavy atom. The Morgan fingerprint density at radius 1 is 1.17 bits per heavy atom. The number of nitrogens with zero attached hydrogens (tertiary/aromatic N) is 1. The van der Waals surface area contributed by atoms with E-state index in [1.54, 1.807) is 12.1 Å². The second-order valence-corrected chi connectivity index (χ2v) is 8.57. The van der Waals surface area contributed by atoms with Gasteiger partial charge in [0.25, 0.3) is 5.91 Å². The number of hydrogen-bond donors (Lipinski definition) is 2. The first kappa shape index (κ1) is 15.5. The summed E-state index contributed by atoms with van der Waals surface area (Å²) in [6.45, 7) is 0. The highest BCUT2D eigenvalue weighted by atomic mass is 32.2. The molecule has 2 heterocycles. The zero-order valence-corrected chi connectivity index (χ0v) is 14.8. The maximum Gasteiger partial charge on any atom is 0.267 e. The molecule has 0 atom stereocenters. The lowest BCUT2D eigenvalue weighted by Crippen LogP contribution is -2.09. The molecule has 1 aromatic carbocycles. The largest absolute Gasteiger partial charge is 0.297 e. The van der Waals surface area contributed by atoms with E-state index in [9.17, 15) is 13.2 Å². The van der Waals surface area contributed by atoms with Crippen LogP contribution in [0.3, 0.4) is 0 Å². The van der Waals surface area contributed by atoms with Gasteiger partial charge < -0.3 is 0 Å². The van der Waals surface area contributed by atoms with Gasteiger partial charge in [-0.2, -0.15) is 0 Å². The first-order chi connectivity index (χ1) is 11.6. The number of hydrogen-bond acceptors (Lipinski definition) is 6. The molecule has 0 saturated heterocycles. The molecule has 0 saturated carbocycles. The van der Waals surface area contributed by atoms with Crippen molar-refractivity contribution >= 4 is 44.4 Å². The molecule has 3 aromatic rings. The first-order valence-electron chi connectivity index (χ1n) is 7.20. The van der Waals surface area contributed by atoms with E-state index in [4.69, 9.17) is 0 Å². The fraction of sp³-hybridized carbons (Fsp3) is 0.125. The number of rotatable bonds is 4. The maximum absolute atomic E-state index is 12.3. The molecule has 8 heteroatoms. The van der Waals surface area contributed by atoms with Crippen LogP contribution in [0.15, 0.2) is 36.4 Å². The summed E-state index contributed by atoms with van der Waals surface area (Å²) in [7, 11) is -2.48. The third-order valence-corrected chi connectivity index (χ3v) is 6.58. The van der Waals surface area contributed by atoms with Gasteiger partial charge in [0.05, 0.1) is 16.3 Å². The fourth-order valence-electron chi connectivity index (χ4n) is 2.68. The molecule has 4 rings (SSSR count). The summed E-state index contributed by atoms with van der Waals surface area (Å²) in [5.74, 6) is -0.289. The zero-order valence-electron chi connectivity index (χ0n) is 12.3. The van der Waals surface area contributed by atoms with Gasteiger partial charge in [0.1, 0.15) is 10.7 Å². The number of anilines is 1. The SMILES string of the molecule is O=C(Nc1nc2c(s1)Cc1ccccc1-2)c1ccc(C[SH](=O)=O)s1. The van der Waals surface area contributed by atoms with Crippen LogP contribution in [0.4, 0.5) is 5.13 Å². The van der Waals surface area contributed by atoms with Gasteiger partial charge in [0.15, 0.2) is 5.13 Å². The molecule has 1 aliphatic carbocycles. The van der Waals surface area contributed by atoms with Gasteiger partial charge in [0, 0.05) is 21.7 Å². The van der Waals surface area contributed by atoms with Crippen molar-refractivity contribution in [1.82, 2.24) is 4.98 Å². The van der Waals surface area contributed by atoms with Crippen molar-refractivity contribution in [1.29, 1.82) is 0 Å². The minimum Gasteiger partial charge on any atom is -0.297 e. The quantitative estimate of drug-likeness (QED) is 0.537. The molecule has 1 aliphatic rings. The third kappa shape index (κ3) is 2.88. The van der Waals surface area contributed by atoms with Crippen LogP contribution < -0.4 is 5.32 Å². The predicted octanol–water partition coefficient (Wildman–Crippen LogP) is 3.14. The van der Waals surface area contributed by atoms with Crippen LogP contribution in [-0.2, 0) is 22.9 Å². The normalized spacial score (nSPS) is 12.2. The number of fused-ring (bicyclic) bond motifs is 3. The lowest BCUT2D eigenvalue weighted by molar-refractivity contribution is 0.103. The van der Waals surface area contributed by atoms with Crippen LogP contribution in [0, 0.1) is 0 Å². The van der Waals surface area contributed by atoms with Crippen molar-refractivity contribution in [2.45, 2.75) is 12.2 Å². The molecule has 122 valence electrons. The average molecular weight is 376 g/mol. The summed E-state index contributed by atoms with van der Waals surface area (Å²) in [6.07, 6.45) is 0.846. The summed E-state index contributed by atoms with van der Waals surface area (Å²) < 4.78 is 21.5. The maximum atomic E-state index is 12.3. The molecule has 1 amide bonds. The van der Waals surface area contributed by atoms with Gasteiger partial charge >= 0.3 is 0 Å². The standard InChI is InChI=1S/C16H12N2O3S3/c19-15(12-6-5-10(22-12)8-24(20)21)18-16-17-14-11-4-2-1-3-9(11)7-13(14)23-16/h1-6,24H,7-8H2,(H,17,18,19). The van der Waals surface area contributed by atoms with Crippen LogP contribution in [0.2, 0.25) is 0 Å². The number of amides is 1. The molecular formula is C16H12N2O3S3. The van der Waals surface area contributed by atoms with E-state index >= 15 is 0 Å². The number of thiazole rings is 1. The summed E-state index contributed by atoms with van der Waals surface area (Å²) in [6, 6.07) is 11.5. The van der Waals surface area contributed by atoms with Crippen LogP contribution in [-0.4, -0.2) is 19.3 Å². The number of benzene rings is 1. The Morgan fingerprint density at radius 3 is 2.83 bits per heavy atom. The van der Waals surface area contributed by atoms with Gasteiger partial charge in [-0.25, -0.2) is 13.4 Å². The van der Waals surface area contributed by atoms with E-state index < -0.39 is 10.7 Å². The molecule has 2 aromatic heterocycles. The number of carbonyl (C=O) groups excluding carboxylic acids is 1. The molecule has 0 fully saturated rings. The minimum atomic E-state index is -2.48. The summed E-state index contributed by atoms with van der Waals surface area (Å²) in [5.41, 5.74) is 3.33. The van der Waals surface area contributed by atoms with E-state index in [1.807, 2.05) is 18.2 Å². The van der Waals surface area contributed by atoms with E-state index in [0.717, 1.165) is 22.6 Å². The molecule has 0 unspecified atom stereocenters. The smallest absolute Gasteiger partial charge is 0.267 e. The third-order valence-electron chi connectivity index (χ3n) is 3.71. The van der Waals surface area contributed by atoms with Gasteiger partial charge in [-0.1, -0.05) is 24.3 Å². The first-order valence-corrected chi connectivity index (χ1v) is 10.2. The summed E-state index contributed by atoms with van der Waals surface area (Å²) in [4.78, 5) is 19.1. The number of thiol groups is 1. The summed E-state index contributed by atoms with van der Waals surface area (Å²) >= 11 is 2.67. The van der Waals surface area contributed by atoms with E-state index in [2.05, 4.69) is 16.4 Å². The Kier molecular flexibility index (Phi) is 3.95. The second-order valence-electron chi connectivity index (χ2n) is 5.34.